The van der Waals surface area contributed by atoms with Crippen LogP contribution in [0.5, 0.6) is 0 Å². The molecule has 0 amide bonds. The molecule has 0 heterocycles. The van der Waals surface area contributed by atoms with Crippen LogP contribution in [0.4, 0.5) is 13.2 Å². The van der Waals surface area contributed by atoms with E-state index in [1.54, 1.807) is 20.8 Å². The van der Waals surface area contributed by atoms with E-state index in [9.17, 15) is 17.7 Å². The smallest absolute Gasteiger partial charge is 0.161 e. The van der Waals surface area contributed by atoms with Gasteiger partial charge in [-0.05, 0) is 26.8 Å². The second kappa shape index (κ2) is 5.10. The molecule has 1 rings (SSSR count). The molecule has 1 unspecified atom stereocenters. The summed E-state index contributed by atoms with van der Waals surface area (Å²) in [5.74, 6) is -3.38. The number of halogens is 3. The maximum atomic E-state index is 13.2. The lowest BCUT2D eigenvalue weighted by molar-refractivity contribution is 0.494. The molecule has 0 aromatic heterocycles. The van der Waals surface area contributed by atoms with Gasteiger partial charge in [0, 0.05) is 11.6 Å². The van der Waals surface area contributed by atoms with Crippen LogP contribution in [0, 0.1) is 17.5 Å². The lowest BCUT2D eigenvalue weighted by Gasteiger charge is -2.17. The molecule has 0 fully saturated rings. The van der Waals surface area contributed by atoms with Gasteiger partial charge < -0.3 is 4.55 Å². The Morgan fingerprint density at radius 3 is 2.18 bits per heavy atom. The summed E-state index contributed by atoms with van der Waals surface area (Å²) in [5.41, 5.74) is -0.235. The summed E-state index contributed by atoms with van der Waals surface area (Å²) in [7, 11) is 0. The van der Waals surface area contributed by atoms with Crippen LogP contribution in [0.25, 0.3) is 0 Å². The Kier molecular flexibility index (Phi) is 4.21. The highest BCUT2D eigenvalue weighted by Gasteiger charge is 2.26. The molecule has 0 bridgehead atoms. The molecule has 0 N–H and O–H groups in total. The Morgan fingerprint density at radius 1 is 1.12 bits per heavy atom. The first-order valence-electron chi connectivity index (χ1n) is 4.82. The van der Waals surface area contributed by atoms with Crippen LogP contribution in [-0.4, -0.2) is 15.5 Å². The monoisotopic (exact) mass is 263 g/mol. The predicted octanol–water partition coefficient (Wildman–Crippen LogP) is 2.99. The zero-order valence-corrected chi connectivity index (χ0v) is 10.4. The van der Waals surface area contributed by atoms with Crippen molar-refractivity contribution in [1.82, 2.24) is 0 Å². The minimum atomic E-state index is -1.57. The number of hydrogen-bond acceptors (Lipinski definition) is 2. The van der Waals surface area contributed by atoms with Crippen LogP contribution in [0.3, 0.4) is 0 Å². The van der Waals surface area contributed by atoms with E-state index in [1.165, 1.54) is 0 Å². The molecule has 0 saturated carbocycles. The molecule has 0 aliphatic carbocycles. The van der Waals surface area contributed by atoms with E-state index in [0.717, 1.165) is 6.21 Å². The molecule has 1 aromatic rings. The van der Waals surface area contributed by atoms with Gasteiger partial charge in [-0.1, -0.05) is 4.40 Å². The largest absolute Gasteiger partial charge is 0.591 e. The van der Waals surface area contributed by atoms with E-state index in [4.69, 9.17) is 0 Å². The van der Waals surface area contributed by atoms with Gasteiger partial charge in [0.1, 0.15) is 21.9 Å². The fourth-order valence-electron chi connectivity index (χ4n) is 0.900. The first kappa shape index (κ1) is 14.1. The number of hydrogen-bond donors (Lipinski definition) is 0. The van der Waals surface area contributed by atoms with Crippen molar-refractivity contribution < 1.29 is 17.7 Å². The van der Waals surface area contributed by atoms with Crippen molar-refractivity contribution in [3.8, 4) is 0 Å². The average Bonchev–Trinajstić information content (AvgIpc) is 2.19. The van der Waals surface area contributed by atoms with Crippen LogP contribution in [0.2, 0.25) is 0 Å². The van der Waals surface area contributed by atoms with Gasteiger partial charge in [0.05, 0.1) is 6.21 Å². The Morgan fingerprint density at radius 2 is 1.65 bits per heavy atom. The second-order valence-electron chi connectivity index (χ2n) is 4.38. The minimum absolute atomic E-state index is 0.235. The molecule has 0 spiro atoms. The third-order valence-corrected chi connectivity index (χ3v) is 3.20. The van der Waals surface area contributed by atoms with Crippen LogP contribution >= 0.6 is 0 Å². The lowest BCUT2D eigenvalue weighted by Crippen LogP contribution is -2.25. The van der Waals surface area contributed by atoms with E-state index in [2.05, 4.69) is 4.40 Å². The van der Waals surface area contributed by atoms with Crippen molar-refractivity contribution in [3.63, 3.8) is 0 Å². The van der Waals surface area contributed by atoms with Crippen LogP contribution in [-0.2, 0) is 11.4 Å². The van der Waals surface area contributed by atoms with Gasteiger partial charge in [0.15, 0.2) is 11.6 Å². The molecule has 94 valence electrons. The van der Waals surface area contributed by atoms with Gasteiger partial charge in [-0.15, -0.1) is 0 Å². The van der Waals surface area contributed by atoms with Crippen molar-refractivity contribution in [2.24, 2.45) is 4.40 Å². The molecular weight excluding hydrogens is 251 g/mol. The first-order valence-corrected chi connectivity index (χ1v) is 5.93. The second-order valence-corrected chi connectivity index (χ2v) is 6.32. The van der Waals surface area contributed by atoms with Crippen LogP contribution in [0.1, 0.15) is 26.3 Å². The molecule has 0 saturated heterocycles. The maximum Gasteiger partial charge on any atom is 0.161 e. The third-order valence-electron chi connectivity index (χ3n) is 1.85. The molecular formula is C11H12F3NOS. The van der Waals surface area contributed by atoms with Crippen molar-refractivity contribution in [2.45, 2.75) is 25.5 Å². The van der Waals surface area contributed by atoms with E-state index in [-0.39, 0.29) is 5.56 Å². The third kappa shape index (κ3) is 3.74. The van der Waals surface area contributed by atoms with Gasteiger partial charge >= 0.3 is 0 Å². The molecule has 1 atom stereocenters. The Balaban J connectivity index is 2.96. The van der Waals surface area contributed by atoms with E-state index in [1.807, 2.05) is 0 Å². The van der Waals surface area contributed by atoms with Crippen molar-refractivity contribution in [3.05, 3.63) is 35.1 Å². The lowest BCUT2D eigenvalue weighted by atomic mass is 10.2. The zero-order valence-electron chi connectivity index (χ0n) is 9.63. The van der Waals surface area contributed by atoms with Gasteiger partial charge in [-0.25, -0.2) is 13.2 Å². The molecule has 0 aliphatic rings. The highest BCUT2D eigenvalue weighted by Crippen LogP contribution is 2.18. The summed E-state index contributed by atoms with van der Waals surface area (Å²) in [4.78, 5) is 0. The summed E-state index contributed by atoms with van der Waals surface area (Å²) in [6, 6.07) is 1.10. The molecule has 6 heteroatoms. The zero-order chi connectivity index (χ0) is 13.2. The van der Waals surface area contributed by atoms with Crippen molar-refractivity contribution >= 4 is 17.6 Å². The molecule has 17 heavy (non-hydrogen) atoms. The normalized spacial score (nSPS) is 14.3. The van der Waals surface area contributed by atoms with Crippen molar-refractivity contribution in [1.29, 1.82) is 0 Å². The Hall–Kier alpha value is -1.01. The standard InChI is InChI=1S/C11H12F3NOS/c1-11(2,3)17(16)15-6-7-4-9(13)10(14)5-8(7)12/h4-6H,1-3H3/b15-6+. The van der Waals surface area contributed by atoms with E-state index in [0.29, 0.717) is 12.1 Å². The summed E-state index contributed by atoms with van der Waals surface area (Å²) in [6.45, 7) is 5.09. The molecule has 2 nitrogen and oxygen atoms in total. The van der Waals surface area contributed by atoms with Gasteiger partial charge in [0.25, 0.3) is 0 Å². The fraction of sp³-hybridized carbons (Fsp3) is 0.364. The van der Waals surface area contributed by atoms with Crippen LogP contribution in [0.15, 0.2) is 16.5 Å². The van der Waals surface area contributed by atoms with Crippen molar-refractivity contribution in [2.75, 3.05) is 0 Å². The molecule has 0 aliphatic heterocycles. The first-order chi connectivity index (χ1) is 7.71. The summed E-state index contributed by atoms with van der Waals surface area (Å²) in [5, 5.41) is 0. The number of nitrogens with zero attached hydrogens (tertiary/aromatic N) is 1. The minimum Gasteiger partial charge on any atom is -0.591 e. The summed E-state index contributed by atoms with van der Waals surface area (Å²) in [6.07, 6.45) is 0.944. The Bertz CT molecular complexity index is 443. The Labute approximate surface area is 101 Å². The van der Waals surface area contributed by atoms with E-state index >= 15 is 0 Å². The molecule has 1 aromatic carbocycles. The number of rotatable bonds is 2. The quantitative estimate of drug-likeness (QED) is 0.459. The predicted molar refractivity (Wildman–Crippen MR) is 61.8 cm³/mol. The highest BCUT2D eigenvalue weighted by atomic mass is 32.2. The fourth-order valence-corrected chi connectivity index (χ4v) is 1.43. The molecule has 0 radical (unpaired) electrons. The maximum absolute atomic E-state index is 13.2. The summed E-state index contributed by atoms with van der Waals surface area (Å²) < 4.78 is 53.2. The van der Waals surface area contributed by atoms with Gasteiger partial charge in [-0.3, -0.25) is 0 Å². The van der Waals surface area contributed by atoms with Crippen LogP contribution < -0.4 is 0 Å². The highest BCUT2D eigenvalue weighted by molar-refractivity contribution is 7.91. The number of benzene rings is 1. The SMILES string of the molecule is CC(C)(C)[S+]([O-])/N=C/c1cc(F)c(F)cc1F. The summed E-state index contributed by atoms with van der Waals surface area (Å²) >= 11 is -1.57. The van der Waals surface area contributed by atoms with E-state index < -0.39 is 33.6 Å². The average molecular weight is 263 g/mol. The van der Waals surface area contributed by atoms with Gasteiger partial charge in [-0.2, -0.15) is 0 Å². The topological polar surface area (TPSA) is 35.4 Å². The van der Waals surface area contributed by atoms with Gasteiger partial charge in [0.2, 0.25) is 0 Å².